The summed E-state index contributed by atoms with van der Waals surface area (Å²) in [6.45, 7) is 13.6. The minimum absolute atomic E-state index is 0.105. The molecule has 1 saturated carbocycles. The van der Waals surface area contributed by atoms with Gasteiger partial charge in [0.05, 0.1) is 29.1 Å². The summed E-state index contributed by atoms with van der Waals surface area (Å²) in [5.74, 6) is -0.414. The van der Waals surface area contributed by atoms with E-state index in [4.69, 9.17) is 4.74 Å². The number of fused-ring (bicyclic) bond motifs is 1. The zero-order valence-electron chi connectivity index (χ0n) is 31.4. The minimum atomic E-state index is -0.593. The first-order chi connectivity index (χ1) is 24.8. The van der Waals surface area contributed by atoms with Crippen LogP contribution in [0.1, 0.15) is 81.4 Å². The summed E-state index contributed by atoms with van der Waals surface area (Å²) >= 11 is 0. The van der Waals surface area contributed by atoms with E-state index in [0.717, 1.165) is 66.9 Å². The molecule has 1 aliphatic carbocycles. The number of benzene rings is 1. The highest BCUT2D eigenvalue weighted by atomic mass is 19.1. The molecule has 4 aromatic rings. The number of ether oxygens (including phenoxy) is 1. The van der Waals surface area contributed by atoms with E-state index in [-0.39, 0.29) is 29.6 Å². The summed E-state index contributed by atoms with van der Waals surface area (Å²) in [5.41, 5.74) is 5.44. The largest absolute Gasteiger partial charge is 0.444 e. The zero-order valence-corrected chi connectivity index (χ0v) is 31.4. The number of piperidine rings is 1. The number of pyridine rings is 3. The molecule has 0 bridgehead atoms. The lowest BCUT2D eigenvalue weighted by Gasteiger charge is -2.40. The number of rotatable bonds is 9. The van der Waals surface area contributed by atoms with Crippen molar-refractivity contribution in [2.75, 3.05) is 43.0 Å². The second-order valence-electron chi connectivity index (χ2n) is 16.0. The Morgan fingerprint density at radius 3 is 2.44 bits per heavy atom. The molecule has 52 heavy (non-hydrogen) atoms. The molecule has 2 atom stereocenters. The van der Waals surface area contributed by atoms with Crippen LogP contribution in [0.2, 0.25) is 0 Å². The number of carbonyl (C=O) groups is 1. The fourth-order valence-corrected chi connectivity index (χ4v) is 7.79. The molecule has 10 nitrogen and oxygen atoms in total. The lowest BCUT2D eigenvalue weighted by Crippen LogP contribution is -2.48. The molecule has 2 saturated heterocycles. The third kappa shape index (κ3) is 7.94. The van der Waals surface area contributed by atoms with Crippen molar-refractivity contribution in [3.8, 4) is 0 Å². The summed E-state index contributed by atoms with van der Waals surface area (Å²) in [6, 6.07) is 12.0. The molecular formula is C41H52FN7O3. The normalized spacial score (nSPS) is 19.5. The number of nitrogens with zero attached hydrogens (tertiary/aromatic N) is 7. The highest BCUT2D eigenvalue weighted by molar-refractivity contribution is 5.84. The molecule has 3 fully saturated rings. The molecule has 2 unspecified atom stereocenters. The molecule has 11 heteroatoms. The van der Waals surface area contributed by atoms with Gasteiger partial charge in [-0.05, 0) is 109 Å². The Bertz CT molecular complexity index is 1990. The summed E-state index contributed by atoms with van der Waals surface area (Å²) in [5, 5.41) is 0.419. The first-order valence-electron chi connectivity index (χ1n) is 18.7. The van der Waals surface area contributed by atoms with E-state index in [1.807, 2.05) is 64.2 Å². The molecule has 3 aromatic heterocycles. The van der Waals surface area contributed by atoms with Gasteiger partial charge >= 0.3 is 6.09 Å². The van der Waals surface area contributed by atoms with Crippen molar-refractivity contribution in [2.24, 2.45) is 0 Å². The maximum absolute atomic E-state index is 16.1. The predicted octanol–water partition coefficient (Wildman–Crippen LogP) is 7.00. The van der Waals surface area contributed by atoms with Crippen LogP contribution in [0.15, 0.2) is 59.8 Å². The maximum atomic E-state index is 16.1. The Balaban J connectivity index is 1.19. The third-order valence-electron chi connectivity index (χ3n) is 10.7. The first-order valence-corrected chi connectivity index (χ1v) is 18.7. The van der Waals surface area contributed by atoms with Gasteiger partial charge in [-0.1, -0.05) is 0 Å². The number of likely N-dealkylation sites (N-methyl/N-ethyl adjacent to an activating group) is 1. The summed E-state index contributed by atoms with van der Waals surface area (Å²) in [4.78, 5) is 44.6. The highest BCUT2D eigenvalue weighted by Gasteiger charge is 2.34. The first kappa shape index (κ1) is 35.9. The lowest BCUT2D eigenvalue weighted by atomic mass is 10.0. The van der Waals surface area contributed by atoms with Crippen LogP contribution in [0.4, 0.5) is 20.6 Å². The van der Waals surface area contributed by atoms with Gasteiger partial charge in [-0.2, -0.15) is 0 Å². The molecule has 3 aliphatic rings. The number of carbonyl (C=O) groups excluding carboxylic acids is 1. The standard InChI is InChI=1S/C41H52FN7O3/c1-27-9-10-32(21-44-27)46-16-7-8-34(26-46)48(22-29-13-15-43-28(2)18-29)23-30-24-49(31-11-12-31)37-20-38(36(42)19-35(37)39(30)50)47-17-14-33(25-47)45(6)40(51)52-41(3,4)5/h9-10,13,15,18-21,24,31,33-34H,7-8,11-12,14,16-17,22-23,25-26H2,1-6H3. The van der Waals surface area contributed by atoms with Crippen LogP contribution in [0, 0.1) is 19.7 Å². The number of hydrogen-bond acceptors (Lipinski definition) is 8. The number of halogens is 1. The Kier molecular flexibility index (Phi) is 9.99. The Hall–Kier alpha value is -4.51. The van der Waals surface area contributed by atoms with Gasteiger partial charge in [-0.15, -0.1) is 0 Å². The van der Waals surface area contributed by atoms with Crippen molar-refractivity contribution < 1.29 is 13.9 Å². The molecule has 7 rings (SSSR count). The SMILES string of the molecule is Cc1ccc(N2CCCC(N(Cc3ccnc(C)c3)Cc3cn(C4CC4)c4cc(N5CCC(N(C)C(=O)OC(C)(C)C)C5)c(F)cc4c3=O)C2)cn1. The van der Waals surface area contributed by atoms with Gasteiger partial charge in [0, 0.05) is 93.1 Å². The zero-order chi connectivity index (χ0) is 36.7. The van der Waals surface area contributed by atoms with Crippen LogP contribution in [0.25, 0.3) is 10.9 Å². The quantitative estimate of drug-likeness (QED) is 0.184. The molecule has 0 radical (unpaired) electrons. The number of amides is 1. The van der Waals surface area contributed by atoms with E-state index >= 15 is 4.39 Å². The molecular weight excluding hydrogens is 657 g/mol. The molecule has 5 heterocycles. The summed E-state index contributed by atoms with van der Waals surface area (Å²) in [7, 11) is 1.75. The van der Waals surface area contributed by atoms with Crippen molar-refractivity contribution in [1.29, 1.82) is 0 Å². The van der Waals surface area contributed by atoms with Crippen molar-refractivity contribution in [3.05, 3.63) is 93.5 Å². The van der Waals surface area contributed by atoms with E-state index < -0.39 is 11.4 Å². The van der Waals surface area contributed by atoms with E-state index in [9.17, 15) is 9.59 Å². The predicted molar refractivity (Wildman–Crippen MR) is 203 cm³/mol. The van der Waals surface area contributed by atoms with E-state index in [2.05, 4.69) is 48.6 Å². The molecule has 276 valence electrons. The van der Waals surface area contributed by atoms with Gasteiger partial charge in [0.1, 0.15) is 11.4 Å². The van der Waals surface area contributed by atoms with Crippen LogP contribution in [0.3, 0.4) is 0 Å². The lowest BCUT2D eigenvalue weighted by molar-refractivity contribution is 0.0238. The molecule has 1 aromatic carbocycles. The fraction of sp³-hybridized carbons (Fsp3) is 0.512. The number of anilines is 2. The average Bonchev–Trinajstić information content (AvgIpc) is 3.84. The van der Waals surface area contributed by atoms with Crippen LogP contribution >= 0.6 is 0 Å². The van der Waals surface area contributed by atoms with Gasteiger partial charge in [0.15, 0.2) is 5.43 Å². The van der Waals surface area contributed by atoms with Crippen molar-refractivity contribution in [2.45, 2.75) is 104 Å². The average molecular weight is 710 g/mol. The van der Waals surface area contributed by atoms with Gasteiger partial charge < -0.3 is 24.0 Å². The monoisotopic (exact) mass is 709 g/mol. The Morgan fingerprint density at radius 1 is 0.942 bits per heavy atom. The molecule has 2 aliphatic heterocycles. The second-order valence-corrected chi connectivity index (χ2v) is 16.0. The van der Waals surface area contributed by atoms with Gasteiger partial charge in [-0.3, -0.25) is 19.7 Å². The Morgan fingerprint density at radius 2 is 1.73 bits per heavy atom. The maximum Gasteiger partial charge on any atom is 0.410 e. The summed E-state index contributed by atoms with van der Waals surface area (Å²) < 4.78 is 23.9. The van der Waals surface area contributed by atoms with E-state index in [0.29, 0.717) is 49.2 Å². The molecule has 0 N–H and O–H groups in total. The number of aromatic nitrogens is 3. The number of aryl methyl sites for hydroxylation is 2. The van der Waals surface area contributed by atoms with Gasteiger partial charge in [0.25, 0.3) is 0 Å². The van der Waals surface area contributed by atoms with Crippen LogP contribution in [0.5, 0.6) is 0 Å². The molecule has 0 spiro atoms. The minimum Gasteiger partial charge on any atom is -0.444 e. The van der Waals surface area contributed by atoms with Crippen molar-refractivity contribution in [1.82, 2.24) is 24.3 Å². The second kappa shape index (κ2) is 14.5. The fourth-order valence-electron chi connectivity index (χ4n) is 7.79. The van der Waals surface area contributed by atoms with Crippen molar-refractivity contribution in [3.63, 3.8) is 0 Å². The highest BCUT2D eigenvalue weighted by Crippen LogP contribution is 2.39. The van der Waals surface area contributed by atoms with Gasteiger partial charge in [-0.25, -0.2) is 9.18 Å². The van der Waals surface area contributed by atoms with Crippen molar-refractivity contribution >= 4 is 28.4 Å². The van der Waals surface area contributed by atoms with E-state index in [1.165, 1.54) is 6.07 Å². The number of hydrogen-bond donors (Lipinski definition) is 0. The topological polar surface area (TPSA) is 87.0 Å². The smallest absolute Gasteiger partial charge is 0.410 e. The third-order valence-corrected chi connectivity index (χ3v) is 10.7. The molecule has 1 amide bonds. The van der Waals surface area contributed by atoms with E-state index in [1.54, 1.807) is 11.9 Å². The van der Waals surface area contributed by atoms with Crippen LogP contribution in [-0.4, -0.2) is 81.3 Å². The summed E-state index contributed by atoms with van der Waals surface area (Å²) in [6.07, 6.45) is 10.3. The van der Waals surface area contributed by atoms with Crippen LogP contribution < -0.4 is 15.2 Å². The van der Waals surface area contributed by atoms with Crippen LogP contribution in [-0.2, 0) is 17.8 Å². The Labute approximate surface area is 306 Å². The van der Waals surface area contributed by atoms with Gasteiger partial charge in [0.2, 0.25) is 0 Å².